The van der Waals surface area contributed by atoms with Crippen molar-refractivity contribution in [3.8, 4) is 5.75 Å². The van der Waals surface area contributed by atoms with Gasteiger partial charge in [0.1, 0.15) is 60.1 Å². The van der Waals surface area contributed by atoms with Crippen molar-refractivity contribution in [2.75, 3.05) is 37.7 Å². The molecule has 0 bridgehead atoms. The number of aromatic nitrogens is 3. The minimum atomic E-state index is -1.69. The lowest BCUT2D eigenvalue weighted by molar-refractivity contribution is -0.135. The number of nitrogens with two attached hydrogens (primary N) is 6. The summed E-state index contributed by atoms with van der Waals surface area (Å²) >= 11 is 0. The molecule has 2 aromatic heterocycles. The van der Waals surface area contributed by atoms with Gasteiger partial charge in [0.15, 0.2) is 11.9 Å². The van der Waals surface area contributed by atoms with Gasteiger partial charge in [-0.25, -0.2) is 4.98 Å². The fourth-order valence-electron chi connectivity index (χ4n) is 11.3. The van der Waals surface area contributed by atoms with Crippen LogP contribution in [0.25, 0.3) is 10.9 Å². The van der Waals surface area contributed by atoms with E-state index in [0.29, 0.717) is 38.9 Å². The minimum Gasteiger partial charge on any atom is -0.508 e. The third-order valence-electron chi connectivity index (χ3n) is 17.0. The third-order valence-corrected chi connectivity index (χ3v) is 19.4. The Morgan fingerprint density at radius 3 is 1.83 bits per heavy atom. The van der Waals surface area contributed by atoms with Crippen LogP contribution in [0.5, 0.6) is 5.75 Å². The van der Waals surface area contributed by atoms with E-state index in [9.17, 15) is 43.5 Å². The summed E-state index contributed by atoms with van der Waals surface area (Å²) in [5.41, 5.74) is 37.6. The number of para-hydroxylation sites is 1. The van der Waals surface area contributed by atoms with Crippen LogP contribution in [0.3, 0.4) is 0 Å². The number of aromatic amines is 2. The third kappa shape index (κ3) is 27.6. The van der Waals surface area contributed by atoms with E-state index in [1.807, 2.05) is 0 Å². The lowest BCUT2D eigenvalue weighted by Crippen LogP contribution is -2.61. The second-order valence-electron chi connectivity index (χ2n) is 25.8. The van der Waals surface area contributed by atoms with Crippen LogP contribution in [0.4, 0.5) is 0 Å². The lowest BCUT2D eigenvalue weighted by atomic mass is 10.0. The van der Waals surface area contributed by atoms with E-state index in [-0.39, 0.29) is 94.3 Å². The Morgan fingerprint density at radius 1 is 0.593 bits per heavy atom. The van der Waals surface area contributed by atoms with Gasteiger partial charge in [-0.05, 0) is 78.5 Å². The Kier molecular flexibility index (Phi) is 32.8. The number of fused-ring (bicyclic) bond motifs is 1. The molecule has 6 aromatic rings. The minimum absolute atomic E-state index is 0.0103. The molecule has 0 saturated carbocycles. The number of phenolic OH excluding ortho intramolecular Hbond substituents is 1. The number of carbonyl (C=O) groups is 12. The maximum absolute atomic E-state index is 15.5. The standard InChI is InChI=1S/C71H94N22O13S2/c1-39(2)59(93-60(97)47(72)27-42-21-23-45(94)24-22-42)69(106)92-55-36-107-108-37-56(68(105)87-50(20-12-26-80-71(76)77)63(100)88-51(61(98)82-34-57(73)95)28-40-13-5-3-6-14-40)91-66(103)53(30-43-32-81-48-18-10-9-17-46(43)48)90-64(101)49(19-11-25-79-70(74)75)86-65(102)52(29-41-15-7-4-8-16-41)89-67(104)54(31-44-33-78-38-84-44)85-58(96)35-83-62(55)99/h3-10,13-18,21-24,32-33,38-39,47,49-56,59,81,94H,11-12,19-20,25-31,34-37,72H2,1-2H3,(H2,73,95)(H,78,84)(H,82,98)(H,83,99)(H,85,96)(H,86,102)(H,87,105)(H,88,100)(H,89,104)(H,90,101)(H,91,103)(H,92,106)(H,93,97)(H4,74,75,79)(H4,76,77,80)/t47-,49-,50-,51-,52+,53-,54-,55+,56+,59-/m0/s1. The second-order valence-corrected chi connectivity index (χ2v) is 28.4. The van der Waals surface area contributed by atoms with E-state index in [4.69, 9.17) is 34.4 Å². The fourth-order valence-corrected chi connectivity index (χ4v) is 13.6. The summed E-state index contributed by atoms with van der Waals surface area (Å²) in [6.07, 6.45) is 3.42. The van der Waals surface area contributed by atoms with E-state index in [1.54, 1.807) is 117 Å². The Morgan fingerprint density at radius 2 is 1.19 bits per heavy atom. The SMILES string of the molecule is CC(C)[C@H](NC(=O)[C@@H](N)Cc1ccc(O)cc1)C(=O)N[C@@H]1CSSC[C@H](C(=O)N[C@@H](CCCN=C(N)N)C(=O)N[C@@H](Cc2ccccc2)C(=O)NCC(N)=O)NC(=O)[C@H](Cc2c[nH]c3ccccc23)NC(=O)[C@H](CCCN=C(N)N)NC(=O)[C@@H](Cc2ccccc2)NC(=O)[C@H](Cc2c[nH]cn2)NC(=O)CNC1=O. The van der Waals surface area contributed by atoms with E-state index in [0.717, 1.165) is 21.6 Å². The molecule has 1 aliphatic rings. The number of nitrogens with zero attached hydrogens (tertiary/aromatic N) is 3. The summed E-state index contributed by atoms with van der Waals surface area (Å²) in [6.45, 7) is 1.79. The van der Waals surface area contributed by atoms with E-state index >= 15 is 19.2 Å². The number of carbonyl (C=O) groups excluding carboxylic acids is 12. The Hall–Kier alpha value is -11.7. The highest BCUT2D eigenvalue weighted by molar-refractivity contribution is 8.76. The van der Waals surface area contributed by atoms with Crippen LogP contribution in [0.15, 0.2) is 138 Å². The monoisotopic (exact) mass is 1530 g/mol. The van der Waals surface area contributed by atoms with Crippen LogP contribution in [0.2, 0.25) is 0 Å². The highest BCUT2D eigenvalue weighted by atomic mass is 33.1. The molecule has 26 N–H and O–H groups in total. The number of H-pyrrole nitrogens is 2. The van der Waals surface area contributed by atoms with E-state index in [1.165, 1.54) is 24.7 Å². The molecule has 4 aromatic carbocycles. The number of nitrogens with one attached hydrogen (secondary N) is 13. The molecule has 578 valence electrons. The van der Waals surface area contributed by atoms with Gasteiger partial charge in [-0.15, -0.1) is 0 Å². The van der Waals surface area contributed by atoms with Crippen LogP contribution < -0.4 is 92.9 Å². The van der Waals surface area contributed by atoms with Gasteiger partial charge < -0.3 is 108 Å². The topological polar surface area (TPSA) is 583 Å². The maximum atomic E-state index is 15.5. The first kappa shape index (κ1) is 83.5. The number of guanidine groups is 2. The molecule has 108 heavy (non-hydrogen) atoms. The van der Waals surface area contributed by atoms with Crippen LogP contribution in [0.1, 0.15) is 67.5 Å². The molecular weight excluding hydrogens is 1430 g/mol. The lowest BCUT2D eigenvalue weighted by Gasteiger charge is -2.28. The normalized spacial score (nSPS) is 19.0. The van der Waals surface area contributed by atoms with Gasteiger partial charge in [0.05, 0.1) is 31.2 Å². The number of benzene rings is 4. The number of aliphatic imine (C=N–C) groups is 2. The molecule has 7 rings (SSSR count). The smallest absolute Gasteiger partial charge is 0.244 e. The van der Waals surface area contributed by atoms with Crippen molar-refractivity contribution >= 4 is 115 Å². The highest BCUT2D eigenvalue weighted by Gasteiger charge is 2.37. The fraction of sp³-hybridized carbons (Fsp3) is 0.394. The predicted octanol–water partition coefficient (Wildman–Crippen LogP) is -3.32. The average molecular weight is 1530 g/mol. The zero-order chi connectivity index (χ0) is 78.2. The van der Waals surface area contributed by atoms with Gasteiger partial charge in [-0.3, -0.25) is 67.5 Å². The quantitative estimate of drug-likeness (QED) is 0.00908. The van der Waals surface area contributed by atoms with Crippen molar-refractivity contribution in [2.24, 2.45) is 50.3 Å². The average Bonchev–Trinajstić information content (AvgIpc) is 1.59. The molecule has 0 unspecified atom stereocenters. The zero-order valence-electron chi connectivity index (χ0n) is 59.6. The molecule has 12 amide bonds. The summed E-state index contributed by atoms with van der Waals surface area (Å²) < 4.78 is 0. The largest absolute Gasteiger partial charge is 0.508 e. The Balaban J connectivity index is 1.31. The molecule has 3 heterocycles. The first-order chi connectivity index (χ1) is 51.7. The second kappa shape index (κ2) is 42.4. The molecule has 37 heteroatoms. The van der Waals surface area contributed by atoms with Crippen LogP contribution >= 0.6 is 21.6 Å². The number of imidazole rings is 1. The molecule has 1 fully saturated rings. The molecule has 0 spiro atoms. The number of phenols is 1. The molecule has 1 aliphatic heterocycles. The van der Waals surface area contributed by atoms with Crippen molar-refractivity contribution in [2.45, 2.75) is 132 Å². The summed E-state index contributed by atoms with van der Waals surface area (Å²) in [4.78, 5) is 192. The van der Waals surface area contributed by atoms with Crippen molar-refractivity contribution in [3.05, 3.63) is 156 Å². The molecule has 0 aliphatic carbocycles. The van der Waals surface area contributed by atoms with Gasteiger partial charge in [0.2, 0.25) is 70.9 Å². The van der Waals surface area contributed by atoms with Crippen molar-refractivity contribution in [1.29, 1.82) is 0 Å². The van der Waals surface area contributed by atoms with Crippen molar-refractivity contribution in [3.63, 3.8) is 0 Å². The van der Waals surface area contributed by atoms with E-state index < -0.39 is 156 Å². The molecule has 35 nitrogen and oxygen atoms in total. The maximum Gasteiger partial charge on any atom is 0.244 e. The number of aromatic hydroxyl groups is 1. The number of hydrogen-bond donors (Lipinski definition) is 20. The van der Waals surface area contributed by atoms with Crippen LogP contribution in [-0.2, 0) is 89.6 Å². The number of primary amides is 1. The van der Waals surface area contributed by atoms with E-state index in [2.05, 4.69) is 83.4 Å². The van der Waals surface area contributed by atoms with Gasteiger partial charge >= 0.3 is 0 Å². The van der Waals surface area contributed by atoms with Crippen molar-refractivity contribution < 1.29 is 62.6 Å². The molecule has 10 atom stereocenters. The number of hydrogen-bond acceptors (Lipinski definition) is 19. The molecular formula is C71H94N22O13S2. The first-order valence-corrected chi connectivity index (χ1v) is 37.2. The van der Waals surface area contributed by atoms with Gasteiger partial charge in [-0.1, -0.05) is 126 Å². The summed E-state index contributed by atoms with van der Waals surface area (Å²) in [5, 5.41) is 39.9. The van der Waals surface area contributed by atoms with Gasteiger partial charge in [0, 0.05) is 73.6 Å². The molecule has 0 radical (unpaired) electrons. The Bertz CT molecular complexity index is 4110. The number of rotatable bonds is 30. The zero-order valence-corrected chi connectivity index (χ0v) is 61.2. The Labute approximate surface area is 630 Å². The first-order valence-electron chi connectivity index (χ1n) is 34.7. The van der Waals surface area contributed by atoms with Crippen LogP contribution in [0, 0.1) is 5.92 Å². The molecule has 1 saturated heterocycles. The van der Waals surface area contributed by atoms with Crippen LogP contribution in [-0.4, -0.2) is 201 Å². The van der Waals surface area contributed by atoms with Gasteiger partial charge in [0.25, 0.3) is 0 Å². The summed E-state index contributed by atoms with van der Waals surface area (Å²) in [6, 6.07) is 15.4. The number of amides is 12. The summed E-state index contributed by atoms with van der Waals surface area (Å²) in [5.74, 6) is -12.7. The van der Waals surface area contributed by atoms with Crippen molar-refractivity contribution in [1.82, 2.24) is 73.4 Å². The highest BCUT2D eigenvalue weighted by Crippen LogP contribution is 2.25. The summed E-state index contributed by atoms with van der Waals surface area (Å²) in [7, 11) is 1.79. The predicted molar refractivity (Wildman–Crippen MR) is 407 cm³/mol. The van der Waals surface area contributed by atoms with Gasteiger partial charge in [-0.2, -0.15) is 0 Å².